The second kappa shape index (κ2) is 4.07. The molecule has 0 unspecified atom stereocenters. The summed E-state index contributed by atoms with van der Waals surface area (Å²) in [5.74, 6) is -0.118. The Morgan fingerprint density at radius 1 is 1.12 bits per heavy atom. The largest absolute Gasteiger partial charge is 0.458 e. The summed E-state index contributed by atoms with van der Waals surface area (Å²) in [5.41, 5.74) is -1.07. The third-order valence-electron chi connectivity index (χ3n) is 1.83. The Hall–Kier alpha value is -1.66. The Bertz CT molecular complexity index is 397. The lowest BCUT2D eigenvalue weighted by atomic mass is 10.1. The van der Waals surface area contributed by atoms with Gasteiger partial charge in [-0.1, -0.05) is 18.2 Å². The second-order valence-corrected chi connectivity index (χ2v) is 2.98. The fourth-order valence-electron chi connectivity index (χ4n) is 1.06. The maximum Gasteiger partial charge on any atom is 0.458 e. The molecule has 0 saturated heterocycles. The van der Waals surface area contributed by atoms with E-state index in [1.165, 1.54) is 6.07 Å². The van der Waals surface area contributed by atoms with E-state index >= 15 is 0 Å². The number of nitrogens with two attached hydrogens (primary N) is 1. The topological polar surface area (TPSA) is 38.4 Å². The summed E-state index contributed by atoms with van der Waals surface area (Å²) in [6.45, 7) is 0. The third-order valence-corrected chi connectivity index (χ3v) is 1.83. The Labute approximate surface area is 87.6 Å². The molecule has 1 aromatic rings. The van der Waals surface area contributed by atoms with Crippen LogP contribution in [0.1, 0.15) is 11.1 Å². The van der Waals surface area contributed by atoms with Gasteiger partial charge in [-0.15, -0.1) is 0 Å². The maximum absolute atomic E-state index is 12.9. The molecule has 0 aliphatic rings. The normalized spacial score (nSPS) is 13.3. The Morgan fingerprint density at radius 2 is 1.75 bits per heavy atom. The molecule has 0 aliphatic heterocycles. The number of nitrogens with zero attached hydrogens (tertiary/aromatic N) is 1. The van der Waals surface area contributed by atoms with Gasteiger partial charge < -0.3 is 5.84 Å². The van der Waals surface area contributed by atoms with Crippen molar-refractivity contribution in [2.75, 3.05) is 0 Å². The Balaban J connectivity index is 3.18. The van der Waals surface area contributed by atoms with E-state index in [2.05, 4.69) is 5.10 Å². The number of halogens is 5. The fraction of sp³-hybridized carbons (Fsp3) is 0.222. The summed E-state index contributed by atoms with van der Waals surface area (Å²) in [5, 5.41) is 3.04. The molecule has 1 rings (SSSR count). The van der Waals surface area contributed by atoms with Crippen molar-refractivity contribution in [3.05, 3.63) is 35.4 Å². The van der Waals surface area contributed by atoms with Gasteiger partial charge in [-0.2, -0.15) is 27.1 Å². The van der Waals surface area contributed by atoms with E-state index in [0.29, 0.717) is 12.1 Å². The predicted molar refractivity (Wildman–Crippen MR) is 48.2 cm³/mol. The molecule has 0 radical (unpaired) electrons. The number of hydrazone groups is 1. The molecule has 0 saturated carbocycles. The highest BCUT2D eigenvalue weighted by atomic mass is 19.4. The van der Waals surface area contributed by atoms with E-state index in [1.54, 1.807) is 0 Å². The van der Waals surface area contributed by atoms with Gasteiger partial charge in [-0.25, -0.2) is 0 Å². The van der Waals surface area contributed by atoms with Gasteiger partial charge in [0.15, 0.2) is 0 Å². The minimum Gasteiger partial charge on any atom is -0.323 e. The highest BCUT2D eigenvalue weighted by Gasteiger charge is 2.58. The molecule has 0 heterocycles. The van der Waals surface area contributed by atoms with Gasteiger partial charge in [-0.3, -0.25) is 0 Å². The van der Waals surface area contributed by atoms with Crippen LogP contribution >= 0.6 is 0 Å². The summed E-state index contributed by atoms with van der Waals surface area (Å²) in [6.07, 6.45) is -4.64. The zero-order chi connectivity index (χ0) is 12.4. The van der Waals surface area contributed by atoms with Crippen molar-refractivity contribution in [2.45, 2.75) is 12.1 Å². The van der Waals surface area contributed by atoms with Gasteiger partial charge in [0.2, 0.25) is 0 Å². The zero-order valence-corrected chi connectivity index (χ0v) is 7.80. The van der Waals surface area contributed by atoms with Gasteiger partial charge in [0.25, 0.3) is 0 Å². The number of benzene rings is 1. The first-order chi connectivity index (χ1) is 7.29. The van der Waals surface area contributed by atoms with E-state index in [1.807, 2.05) is 0 Å². The molecule has 1 aromatic carbocycles. The number of rotatable bonds is 2. The lowest BCUT2D eigenvalue weighted by Gasteiger charge is -2.19. The van der Waals surface area contributed by atoms with Crippen molar-refractivity contribution in [3.63, 3.8) is 0 Å². The first-order valence-electron chi connectivity index (χ1n) is 4.07. The van der Waals surface area contributed by atoms with Crippen LogP contribution in [0.25, 0.3) is 0 Å². The molecule has 16 heavy (non-hydrogen) atoms. The van der Waals surface area contributed by atoms with Crippen LogP contribution < -0.4 is 5.84 Å². The van der Waals surface area contributed by atoms with Crippen LogP contribution in [-0.4, -0.2) is 12.4 Å². The molecular weight excluding hydrogens is 231 g/mol. The van der Waals surface area contributed by atoms with Crippen molar-refractivity contribution in [2.24, 2.45) is 10.9 Å². The molecule has 0 bridgehead atoms. The number of hydrogen-bond donors (Lipinski definition) is 1. The lowest BCUT2D eigenvalue weighted by Crippen LogP contribution is -2.33. The van der Waals surface area contributed by atoms with Gasteiger partial charge in [0, 0.05) is 5.56 Å². The second-order valence-electron chi connectivity index (χ2n) is 2.98. The quantitative estimate of drug-likeness (QED) is 0.366. The van der Waals surface area contributed by atoms with E-state index in [9.17, 15) is 22.0 Å². The minimum atomic E-state index is -5.62. The maximum atomic E-state index is 12.9. The SMILES string of the molecule is NN=Cc1cccc(C(F)(F)C(F)(F)F)c1. The molecule has 0 fully saturated rings. The van der Waals surface area contributed by atoms with Crippen molar-refractivity contribution in [1.82, 2.24) is 0 Å². The average molecular weight is 238 g/mol. The predicted octanol–water partition coefficient (Wildman–Crippen LogP) is 2.63. The van der Waals surface area contributed by atoms with Crippen LogP contribution in [0.2, 0.25) is 0 Å². The van der Waals surface area contributed by atoms with Gasteiger partial charge in [-0.05, 0) is 11.6 Å². The van der Waals surface area contributed by atoms with Gasteiger partial charge in [0.1, 0.15) is 0 Å². The molecule has 2 nitrogen and oxygen atoms in total. The summed E-state index contributed by atoms with van der Waals surface area (Å²) in [6, 6.07) is 3.77. The number of hydrogen-bond acceptors (Lipinski definition) is 2. The van der Waals surface area contributed by atoms with E-state index < -0.39 is 17.7 Å². The molecule has 0 spiro atoms. The zero-order valence-electron chi connectivity index (χ0n) is 7.80. The van der Waals surface area contributed by atoms with Crippen molar-refractivity contribution in [3.8, 4) is 0 Å². The van der Waals surface area contributed by atoms with Crippen LogP contribution in [0.5, 0.6) is 0 Å². The van der Waals surface area contributed by atoms with E-state index in [-0.39, 0.29) is 5.56 Å². The van der Waals surface area contributed by atoms with E-state index in [0.717, 1.165) is 12.3 Å². The average Bonchev–Trinajstić information content (AvgIpc) is 2.17. The van der Waals surface area contributed by atoms with E-state index in [4.69, 9.17) is 5.84 Å². The molecule has 7 heteroatoms. The smallest absolute Gasteiger partial charge is 0.323 e. The van der Waals surface area contributed by atoms with Crippen LogP contribution in [0, 0.1) is 0 Å². The summed E-state index contributed by atoms with van der Waals surface area (Å²) in [4.78, 5) is 0. The molecule has 0 aliphatic carbocycles. The molecule has 2 N–H and O–H groups in total. The summed E-state index contributed by atoms with van der Waals surface area (Å²) in [7, 11) is 0. The molecule has 0 atom stereocenters. The highest BCUT2D eigenvalue weighted by molar-refractivity contribution is 5.79. The van der Waals surface area contributed by atoms with Crippen LogP contribution in [-0.2, 0) is 5.92 Å². The molecule has 0 amide bonds. The van der Waals surface area contributed by atoms with Crippen molar-refractivity contribution in [1.29, 1.82) is 0 Å². The van der Waals surface area contributed by atoms with Gasteiger partial charge >= 0.3 is 12.1 Å². The van der Waals surface area contributed by atoms with Crippen LogP contribution in [0.15, 0.2) is 29.4 Å². The Kier molecular flexibility index (Phi) is 3.16. The van der Waals surface area contributed by atoms with Gasteiger partial charge in [0.05, 0.1) is 6.21 Å². The Morgan fingerprint density at radius 3 is 2.25 bits per heavy atom. The van der Waals surface area contributed by atoms with Crippen LogP contribution in [0.4, 0.5) is 22.0 Å². The fourth-order valence-corrected chi connectivity index (χ4v) is 1.06. The van der Waals surface area contributed by atoms with Crippen LogP contribution in [0.3, 0.4) is 0 Å². The first kappa shape index (κ1) is 12.4. The lowest BCUT2D eigenvalue weighted by molar-refractivity contribution is -0.289. The third kappa shape index (κ3) is 2.29. The standard InChI is InChI=1S/C9H7F5N2/c10-8(11,9(12,13)14)7-3-1-2-6(4-7)5-16-15/h1-5H,15H2. The monoisotopic (exact) mass is 238 g/mol. The van der Waals surface area contributed by atoms with Crippen molar-refractivity contribution < 1.29 is 22.0 Å². The summed E-state index contributed by atoms with van der Waals surface area (Å²) < 4.78 is 61.8. The first-order valence-corrected chi connectivity index (χ1v) is 4.07. The summed E-state index contributed by atoms with van der Waals surface area (Å²) >= 11 is 0. The molecular formula is C9H7F5N2. The highest BCUT2D eigenvalue weighted by Crippen LogP contribution is 2.43. The minimum absolute atomic E-state index is 0.0731. The number of alkyl halides is 5. The molecule has 0 aromatic heterocycles. The van der Waals surface area contributed by atoms with Crippen molar-refractivity contribution >= 4 is 6.21 Å². The molecule has 88 valence electrons.